The number of aliphatic hydroxyl groups excluding tert-OH is 2. The number of imide groups is 1. The number of alkyl halides is 3. The number of aliphatic imine (C=N–C) groups is 1. The maximum absolute atomic E-state index is 14.0. The highest BCUT2D eigenvalue weighted by molar-refractivity contribution is 6.31. The summed E-state index contributed by atoms with van der Waals surface area (Å²) in [6, 6.07) is 37.5. The molecule has 5 aromatic carbocycles. The number of aromatic nitrogens is 5. The number of nitriles is 1. The van der Waals surface area contributed by atoms with Gasteiger partial charge in [-0.2, -0.15) is 23.5 Å². The molecular weight excluding hydrogens is 1580 g/mol. The van der Waals surface area contributed by atoms with Gasteiger partial charge in [-0.25, -0.2) is 14.7 Å². The average Bonchev–Trinajstić information content (AvgIpc) is 1.17. The number of carbonyl (C=O) groups excluding carboxylic acids is 5. The standard InChI is InChI=1S/C23H15F3N2O6.C23H27N7O3.C21H17ClN2O4.C19H25NO5/c1-12(29)32-17-9-8-16-19(31)18(14-10-27-28(11-14)15-6-4-3-5-7-15)22(23(24,25)26)34-20(16)21(17)33-13(2)30;24-9-5-11-26-23(31)21-12-19-22(15-28(21)14-18-7-3-4-10-25-18)29(16-27-19)13-17-6-1-2-8-20(17)30(32)33;1-12-3-4-14(9-18(12)22)19-6-5-15(28-19)10-16-13(2)17(11-23)21(27)24(7-8-25)20(16)26;1-19(2,3)14(21)10-25-13-7-6-11-15(17(13)23-5)20-18-12(8-9-24-18)16(11)22-4/h3-11H,1-2H3;1-4,6-8,10,16,21H,5,9,11-15,24H2,(H,26,31);3-6,9-10,25H,7-8H2,1-2H3;6-9,12,14,16,21H,10H2,1-5H3/b;;16-10-;. The highest BCUT2D eigenvalue weighted by Crippen LogP contribution is 2.50. The van der Waals surface area contributed by atoms with Gasteiger partial charge in [0.2, 0.25) is 28.7 Å². The predicted octanol–water partition coefficient (Wildman–Crippen LogP) is 13.0. The molecule has 0 saturated carbocycles. The Morgan fingerprint density at radius 3 is 2.28 bits per heavy atom. The first kappa shape index (κ1) is 87.6. The fourth-order valence-corrected chi connectivity index (χ4v) is 13.4. The Balaban J connectivity index is 0.000000158. The number of fused-ring (bicyclic) bond motifs is 4. The smallest absolute Gasteiger partial charge is 0.450 e. The van der Waals surface area contributed by atoms with E-state index in [4.69, 9.17) is 59.7 Å². The molecule has 30 nitrogen and oxygen atoms in total. The molecular formula is C86H84ClF3N12O18. The second-order valence-corrected chi connectivity index (χ2v) is 29.2. The number of pyridine rings is 1. The lowest BCUT2D eigenvalue weighted by Gasteiger charge is -2.34. The Bertz CT molecular complexity index is 5750. The number of nitrogens with two attached hydrogens (primary N) is 1. The number of nitrogens with zero attached hydrogens (tertiary/aromatic N) is 10. The van der Waals surface area contributed by atoms with Gasteiger partial charge in [0.15, 0.2) is 22.8 Å². The molecule has 4 aliphatic rings. The van der Waals surface area contributed by atoms with Crippen molar-refractivity contribution in [1.82, 2.24) is 39.4 Å². The van der Waals surface area contributed by atoms with Crippen molar-refractivity contribution in [3.8, 4) is 57.2 Å². The molecule has 120 heavy (non-hydrogen) atoms. The van der Waals surface area contributed by atoms with Crippen molar-refractivity contribution in [3.63, 3.8) is 0 Å². The summed E-state index contributed by atoms with van der Waals surface area (Å²) in [4.78, 5) is 102. The lowest BCUT2D eigenvalue weighted by atomic mass is 9.90. The number of para-hydroxylation sites is 2. The maximum atomic E-state index is 14.0. The van der Waals surface area contributed by atoms with Crippen molar-refractivity contribution in [1.29, 1.82) is 5.26 Å². The van der Waals surface area contributed by atoms with Crippen LogP contribution in [0.5, 0.6) is 23.0 Å². The molecule has 4 atom stereocenters. The third-order valence-corrected chi connectivity index (χ3v) is 20.0. The van der Waals surface area contributed by atoms with Gasteiger partial charge in [0.1, 0.15) is 35.5 Å². The largest absolute Gasteiger partial charge is 0.491 e. The van der Waals surface area contributed by atoms with Crippen LogP contribution in [0.3, 0.4) is 0 Å². The van der Waals surface area contributed by atoms with Crippen LogP contribution >= 0.6 is 11.6 Å². The van der Waals surface area contributed by atoms with E-state index >= 15 is 0 Å². The van der Waals surface area contributed by atoms with E-state index in [1.807, 2.05) is 86.9 Å². The normalized spacial score (nSPS) is 16.0. The number of halogens is 4. The number of hydrogen-bond acceptors (Lipinski definition) is 25. The summed E-state index contributed by atoms with van der Waals surface area (Å²) in [5.41, 5.74) is 10.2. The van der Waals surface area contributed by atoms with Crippen molar-refractivity contribution < 1.29 is 89.5 Å². The molecule has 4 unspecified atom stereocenters. The molecule has 0 spiro atoms. The summed E-state index contributed by atoms with van der Waals surface area (Å²) >= 11 is 6.16. The molecule has 0 radical (unpaired) electrons. The minimum absolute atomic E-state index is 0.0308. The molecule has 5 aromatic heterocycles. The summed E-state index contributed by atoms with van der Waals surface area (Å²) < 4.78 is 88.7. The molecule has 4 aliphatic heterocycles. The molecule has 5 N–H and O–H groups in total. The van der Waals surface area contributed by atoms with Gasteiger partial charge in [-0.05, 0) is 116 Å². The van der Waals surface area contributed by atoms with Crippen LogP contribution in [-0.4, -0.2) is 144 Å². The zero-order valence-corrected chi connectivity index (χ0v) is 67.3. The molecule has 9 heterocycles. The van der Waals surface area contributed by atoms with Gasteiger partial charge in [-0.3, -0.25) is 53.7 Å². The number of nitro benzene ring substituents is 1. The Morgan fingerprint density at radius 1 is 0.883 bits per heavy atom. The molecule has 0 fully saturated rings. The van der Waals surface area contributed by atoms with Crippen LogP contribution in [0, 0.1) is 39.7 Å². The van der Waals surface area contributed by atoms with Crippen LogP contribution in [0.2, 0.25) is 5.02 Å². The van der Waals surface area contributed by atoms with E-state index in [0.717, 1.165) is 70.8 Å². The number of imidazole rings is 1. The molecule has 14 rings (SSSR count). The zero-order valence-electron chi connectivity index (χ0n) is 66.5. The quantitative estimate of drug-likeness (QED) is 0.00931. The molecule has 34 heteroatoms. The first-order chi connectivity index (χ1) is 57.3. The van der Waals surface area contributed by atoms with Gasteiger partial charge < -0.3 is 63.1 Å². The topological polar surface area (TPSA) is 397 Å². The van der Waals surface area contributed by atoms with Crippen LogP contribution in [-0.2, 0) is 65.7 Å². The van der Waals surface area contributed by atoms with Gasteiger partial charge in [-0.15, -0.1) is 0 Å². The first-order valence-electron chi connectivity index (χ1n) is 37.5. The van der Waals surface area contributed by atoms with Gasteiger partial charge in [0, 0.05) is 98.3 Å². The van der Waals surface area contributed by atoms with E-state index in [0.29, 0.717) is 96.4 Å². The van der Waals surface area contributed by atoms with Crippen LogP contribution in [0.15, 0.2) is 200 Å². The Labute approximate surface area is 690 Å². The number of aliphatic hydroxyl groups is 2. The fourth-order valence-electron chi connectivity index (χ4n) is 13.3. The van der Waals surface area contributed by atoms with E-state index in [1.165, 1.54) is 23.0 Å². The minimum atomic E-state index is -5.09. The number of β-amino-alcohol motifs (C(OH)–C–C–N with tert-alkyl or cyclic N) is 1. The van der Waals surface area contributed by atoms with Crippen molar-refractivity contribution >= 4 is 75.6 Å². The number of benzene rings is 5. The zero-order chi connectivity index (χ0) is 86.4. The molecule has 10 aromatic rings. The lowest BCUT2D eigenvalue weighted by molar-refractivity contribution is -0.385. The molecule has 624 valence electrons. The van der Waals surface area contributed by atoms with Gasteiger partial charge in [0.25, 0.3) is 17.5 Å². The van der Waals surface area contributed by atoms with E-state index in [2.05, 4.69) is 30.3 Å². The summed E-state index contributed by atoms with van der Waals surface area (Å²) in [5, 5.41) is 47.4. The number of carbonyl (C=O) groups is 5. The number of nitrogens with one attached hydrogen (secondary N) is 1. The van der Waals surface area contributed by atoms with E-state index < -0.39 is 64.1 Å². The lowest BCUT2D eigenvalue weighted by Crippen LogP contribution is -2.50. The van der Waals surface area contributed by atoms with E-state index in [9.17, 15) is 62.4 Å². The monoisotopic (exact) mass is 1660 g/mol. The Morgan fingerprint density at radius 2 is 1.62 bits per heavy atom. The number of amides is 3. The van der Waals surface area contributed by atoms with Crippen LogP contribution in [0.4, 0.5) is 24.5 Å². The molecule has 0 saturated heterocycles. The van der Waals surface area contributed by atoms with Crippen LogP contribution in [0.25, 0.3) is 45.2 Å². The number of esters is 2. The van der Waals surface area contributed by atoms with Crippen LogP contribution in [0.1, 0.15) is 99.4 Å². The van der Waals surface area contributed by atoms with Crippen molar-refractivity contribution in [2.24, 2.45) is 22.1 Å². The van der Waals surface area contributed by atoms with Gasteiger partial charge in [-0.1, -0.05) is 93.0 Å². The fraction of sp³-hybridized carbons (Fsp3) is 0.291. The maximum Gasteiger partial charge on any atom is 0.450 e. The van der Waals surface area contributed by atoms with Gasteiger partial charge >= 0.3 is 18.1 Å². The molecule has 0 bridgehead atoms. The highest BCUT2D eigenvalue weighted by Gasteiger charge is 2.43. The Kier molecular flexibility index (Phi) is 28.1. The van der Waals surface area contributed by atoms with E-state index in [-0.39, 0.29) is 93.2 Å². The van der Waals surface area contributed by atoms with Crippen LogP contribution < -0.4 is 35.4 Å². The summed E-state index contributed by atoms with van der Waals surface area (Å²) in [5.74, 6) is -3.13. The second kappa shape index (κ2) is 38.4. The SMILES string of the molecule is CC(=O)Oc1ccc2c(=O)c(-c3cnn(-c4ccccc4)c3)c(C(F)(F)F)oc2c1OC(C)=O.CC1=C(C#N)C(=O)N(CCO)C(=O)/C1=C\c1ccc(-c2ccc(C)c(Cl)c2)o1.COc1c(OCC(O)C(C)(C)C)ccc2c1N=C1OC=CC1C2OC.NCCCNC(=O)C1Cc2ncn(Cc3ccccc3[N+](=O)[O-])c2CN1Cc1ccccn1. The van der Waals surface area contributed by atoms with Crippen molar-refractivity contribution in [2.75, 3.05) is 47.1 Å². The number of nitro groups is 1. The number of ether oxygens (including phenoxy) is 6. The predicted molar refractivity (Wildman–Crippen MR) is 433 cm³/mol. The second-order valence-electron chi connectivity index (χ2n) is 28.8. The number of furan rings is 1. The number of methoxy groups -OCH3 is 2. The summed E-state index contributed by atoms with van der Waals surface area (Å²) in [7, 11) is 3.24. The number of hydrogen-bond donors (Lipinski definition) is 4. The molecule has 0 aliphatic carbocycles. The Hall–Kier alpha value is -13.2. The number of rotatable bonds is 22. The number of aryl methyl sites for hydroxylation is 1. The molecule has 3 amide bonds. The van der Waals surface area contributed by atoms with Crippen molar-refractivity contribution in [2.45, 2.75) is 105 Å². The first-order valence-corrected chi connectivity index (χ1v) is 37.9. The van der Waals surface area contributed by atoms with Gasteiger partial charge in [0.05, 0.1) is 108 Å². The third-order valence-electron chi connectivity index (χ3n) is 19.6. The minimum Gasteiger partial charge on any atom is -0.491 e. The summed E-state index contributed by atoms with van der Waals surface area (Å²) in [6.45, 7) is 13.4. The van der Waals surface area contributed by atoms with E-state index in [1.54, 1.807) is 107 Å². The third kappa shape index (κ3) is 20.1. The van der Waals surface area contributed by atoms with Crippen molar-refractivity contribution in [3.05, 3.63) is 252 Å². The highest BCUT2D eigenvalue weighted by atomic mass is 35.5. The average molecular weight is 1670 g/mol. The summed E-state index contributed by atoms with van der Waals surface area (Å²) in [6.07, 6.45) is 6.17.